The van der Waals surface area contributed by atoms with E-state index in [1.165, 1.54) is 21.8 Å². The Morgan fingerprint density at radius 1 is 1.09 bits per heavy atom. The average molecular weight is 488 g/mol. The lowest BCUT2D eigenvalue weighted by Crippen LogP contribution is -2.50. The molecule has 1 aromatic heterocycles. The number of aromatic nitrogens is 3. The number of benzene rings is 2. The van der Waals surface area contributed by atoms with Crippen molar-refractivity contribution in [1.82, 2.24) is 15.0 Å². The third-order valence-electron chi connectivity index (χ3n) is 6.51. The number of Topliss-reactive ketones (excluding diaryl/α,β-unsaturated/α-hetero) is 1. The highest BCUT2D eigenvalue weighted by molar-refractivity contribution is 6.24. The molecule has 7 nitrogen and oxygen atoms in total. The van der Waals surface area contributed by atoms with Crippen LogP contribution in [0.5, 0.6) is 0 Å². The highest BCUT2D eigenvalue weighted by Crippen LogP contribution is 2.35. The number of nitrogens with zero attached hydrogens (tertiary/aromatic N) is 4. The second kappa shape index (κ2) is 8.56. The van der Waals surface area contributed by atoms with Gasteiger partial charge in [0.05, 0.1) is 24.0 Å². The summed E-state index contributed by atoms with van der Waals surface area (Å²) in [5, 5.41) is 18.1. The van der Waals surface area contributed by atoms with E-state index in [1.54, 1.807) is 12.1 Å². The number of amides is 1. The van der Waals surface area contributed by atoms with Crippen LogP contribution in [0.4, 0.5) is 23.2 Å². The molecule has 0 radical (unpaired) electrons. The van der Waals surface area contributed by atoms with Gasteiger partial charge in [0.15, 0.2) is 6.10 Å². The van der Waals surface area contributed by atoms with Crippen LogP contribution >= 0.6 is 0 Å². The molecule has 182 valence electrons. The van der Waals surface area contributed by atoms with Gasteiger partial charge in [0, 0.05) is 23.2 Å². The Bertz CT molecular complexity index is 1320. The van der Waals surface area contributed by atoms with Crippen molar-refractivity contribution in [2.24, 2.45) is 5.92 Å². The number of halogens is 4. The molecular formula is C24H20F4N4O3. The van der Waals surface area contributed by atoms with E-state index in [-0.39, 0.29) is 17.7 Å². The minimum Gasteiger partial charge on any atom is -0.376 e. The minimum absolute atomic E-state index is 0.00309. The van der Waals surface area contributed by atoms with Crippen LogP contribution in [0.15, 0.2) is 42.6 Å². The number of fused-ring (bicyclic) bond motifs is 1. The molecule has 1 atom stereocenters. The summed E-state index contributed by atoms with van der Waals surface area (Å²) in [6, 6.07) is 7.09. The number of aliphatic hydroxyl groups excluding tert-OH is 1. The van der Waals surface area contributed by atoms with Crippen molar-refractivity contribution in [3.63, 3.8) is 0 Å². The molecule has 11 heteroatoms. The smallest absolute Gasteiger partial charge is 0.376 e. The molecule has 5 rings (SSSR count). The van der Waals surface area contributed by atoms with Crippen molar-refractivity contribution >= 4 is 17.4 Å². The van der Waals surface area contributed by atoms with Gasteiger partial charge in [0.2, 0.25) is 5.78 Å². The van der Waals surface area contributed by atoms with E-state index in [1.807, 2.05) is 0 Å². The van der Waals surface area contributed by atoms with E-state index < -0.39 is 35.4 Å². The van der Waals surface area contributed by atoms with Crippen molar-refractivity contribution in [2.45, 2.75) is 38.1 Å². The van der Waals surface area contributed by atoms with Gasteiger partial charge in [-0.15, -0.1) is 5.10 Å². The zero-order valence-electron chi connectivity index (χ0n) is 18.3. The van der Waals surface area contributed by atoms with Gasteiger partial charge < -0.3 is 10.0 Å². The largest absolute Gasteiger partial charge is 0.416 e. The van der Waals surface area contributed by atoms with Crippen molar-refractivity contribution in [3.8, 4) is 11.3 Å². The fourth-order valence-corrected chi connectivity index (χ4v) is 4.31. The number of hydrogen-bond donors (Lipinski definition) is 1. The minimum atomic E-state index is -4.64. The molecule has 0 saturated heterocycles. The van der Waals surface area contributed by atoms with Gasteiger partial charge in [-0.05, 0) is 43.0 Å². The second-order valence-corrected chi connectivity index (χ2v) is 8.85. The fourth-order valence-electron chi connectivity index (χ4n) is 4.31. The SMILES string of the molecule is O=C1c2cc(-c3cn(Cc4ccc(C(F)(F)F)cc4F)nn3)ccc2N(CC2CCC2)C(=O)C1O. The first-order valence-corrected chi connectivity index (χ1v) is 11.1. The predicted octanol–water partition coefficient (Wildman–Crippen LogP) is 3.84. The Morgan fingerprint density at radius 2 is 1.86 bits per heavy atom. The number of ketones is 1. The van der Waals surface area contributed by atoms with E-state index >= 15 is 0 Å². The first kappa shape index (κ1) is 23.2. The fraction of sp³-hybridized carbons (Fsp3) is 0.333. The van der Waals surface area contributed by atoms with Gasteiger partial charge in [-0.3, -0.25) is 9.59 Å². The Kier molecular flexibility index (Phi) is 5.66. The molecule has 0 spiro atoms. The average Bonchev–Trinajstić information content (AvgIpc) is 3.25. The summed E-state index contributed by atoms with van der Waals surface area (Å²) in [5.74, 6) is -2.01. The van der Waals surface area contributed by atoms with Gasteiger partial charge in [0.25, 0.3) is 5.91 Å². The number of aliphatic hydroxyl groups is 1. The molecule has 1 aliphatic heterocycles. The van der Waals surface area contributed by atoms with Crippen LogP contribution in [0.25, 0.3) is 11.3 Å². The molecule has 2 aliphatic rings. The van der Waals surface area contributed by atoms with Gasteiger partial charge in [-0.25, -0.2) is 9.07 Å². The zero-order chi connectivity index (χ0) is 24.9. The van der Waals surface area contributed by atoms with Crippen molar-refractivity contribution in [2.75, 3.05) is 11.4 Å². The quantitative estimate of drug-likeness (QED) is 0.436. The summed E-state index contributed by atoms with van der Waals surface area (Å²) in [7, 11) is 0. The predicted molar refractivity (Wildman–Crippen MR) is 116 cm³/mol. The second-order valence-electron chi connectivity index (χ2n) is 8.85. The Morgan fingerprint density at radius 3 is 2.51 bits per heavy atom. The molecule has 1 aliphatic carbocycles. The molecule has 2 heterocycles. The lowest BCUT2D eigenvalue weighted by molar-refractivity contribution is -0.137. The number of rotatable bonds is 5. The molecule has 1 fully saturated rings. The Hall–Kier alpha value is -3.60. The molecule has 0 bridgehead atoms. The number of carbonyl (C=O) groups is 2. The lowest BCUT2D eigenvalue weighted by atomic mass is 9.84. The van der Waals surface area contributed by atoms with Crippen molar-refractivity contribution < 1.29 is 32.3 Å². The van der Waals surface area contributed by atoms with Crippen LogP contribution in [-0.4, -0.2) is 44.4 Å². The summed E-state index contributed by atoms with van der Waals surface area (Å²) in [6.07, 6.45) is -1.87. The maximum Gasteiger partial charge on any atom is 0.416 e. The topological polar surface area (TPSA) is 88.3 Å². The molecular weight excluding hydrogens is 468 g/mol. The third-order valence-corrected chi connectivity index (χ3v) is 6.51. The molecule has 35 heavy (non-hydrogen) atoms. The highest BCUT2D eigenvalue weighted by Gasteiger charge is 2.40. The van der Waals surface area contributed by atoms with Gasteiger partial charge in [0.1, 0.15) is 11.5 Å². The summed E-state index contributed by atoms with van der Waals surface area (Å²) < 4.78 is 53.8. The summed E-state index contributed by atoms with van der Waals surface area (Å²) in [6.45, 7) is 0.285. The number of hydrogen-bond acceptors (Lipinski definition) is 5. The molecule has 1 saturated carbocycles. The van der Waals surface area contributed by atoms with E-state index in [0.29, 0.717) is 35.5 Å². The normalized spacial score (nSPS) is 18.5. The van der Waals surface area contributed by atoms with E-state index in [0.717, 1.165) is 31.4 Å². The Labute approximate surface area is 197 Å². The third kappa shape index (κ3) is 4.31. The molecule has 1 amide bonds. The maximum atomic E-state index is 14.2. The van der Waals surface area contributed by atoms with Gasteiger partial charge >= 0.3 is 6.18 Å². The number of anilines is 1. The van der Waals surface area contributed by atoms with Crippen molar-refractivity contribution in [3.05, 3.63) is 65.1 Å². The van der Waals surface area contributed by atoms with Gasteiger partial charge in [-0.2, -0.15) is 13.2 Å². The first-order valence-electron chi connectivity index (χ1n) is 11.1. The van der Waals surface area contributed by atoms with Crippen LogP contribution in [0.2, 0.25) is 0 Å². The van der Waals surface area contributed by atoms with Crippen LogP contribution in [0.3, 0.4) is 0 Å². The lowest BCUT2D eigenvalue weighted by Gasteiger charge is -2.36. The van der Waals surface area contributed by atoms with E-state index in [9.17, 15) is 32.3 Å². The molecule has 3 aromatic rings. The first-order chi connectivity index (χ1) is 16.6. The van der Waals surface area contributed by atoms with Crippen LogP contribution in [0.1, 0.15) is 40.7 Å². The number of carbonyl (C=O) groups excluding carboxylic acids is 2. The maximum absolute atomic E-state index is 14.2. The summed E-state index contributed by atoms with van der Waals surface area (Å²) >= 11 is 0. The standard InChI is InChI=1S/C24H20F4N4O3/c25-18-9-16(24(26,27)28)6-4-15(18)11-31-12-19(29-30-31)14-5-7-20-17(8-14)21(33)22(34)23(35)32(20)10-13-2-1-3-13/h4-9,12-13,22,34H,1-3,10-11H2. The van der Waals surface area contributed by atoms with Crippen LogP contribution in [-0.2, 0) is 17.5 Å². The van der Waals surface area contributed by atoms with Crippen LogP contribution < -0.4 is 4.90 Å². The van der Waals surface area contributed by atoms with E-state index in [2.05, 4.69) is 10.3 Å². The Balaban J connectivity index is 1.40. The number of alkyl halides is 3. The van der Waals surface area contributed by atoms with Crippen molar-refractivity contribution in [1.29, 1.82) is 0 Å². The molecule has 1 N–H and O–H groups in total. The summed E-state index contributed by atoms with van der Waals surface area (Å²) in [4.78, 5) is 26.7. The summed E-state index contributed by atoms with van der Waals surface area (Å²) in [5.41, 5.74) is 0.371. The van der Waals surface area contributed by atoms with E-state index in [4.69, 9.17) is 0 Å². The monoisotopic (exact) mass is 488 g/mol. The van der Waals surface area contributed by atoms with Gasteiger partial charge in [-0.1, -0.05) is 23.8 Å². The molecule has 2 aromatic carbocycles. The zero-order valence-corrected chi connectivity index (χ0v) is 18.3. The molecule has 1 unspecified atom stereocenters. The highest BCUT2D eigenvalue weighted by atomic mass is 19.4. The van der Waals surface area contributed by atoms with Crippen LogP contribution in [0, 0.1) is 11.7 Å².